The van der Waals surface area contributed by atoms with Crippen molar-refractivity contribution in [3.63, 3.8) is 0 Å². The average Bonchev–Trinajstić information content (AvgIpc) is 3.46. The highest BCUT2D eigenvalue weighted by atomic mass is 15.2. The molecule has 0 aliphatic carbocycles. The Balaban J connectivity index is 1.59. The number of H-pyrrole nitrogens is 1. The molecular weight excluding hydrogens is 450 g/mol. The third-order valence-corrected chi connectivity index (χ3v) is 6.99. The first-order valence-corrected chi connectivity index (χ1v) is 12.5. The smallest absolute Gasteiger partial charge is 0.181 e. The lowest BCUT2D eigenvalue weighted by Gasteiger charge is -2.33. The number of nitrogens with one attached hydrogen (secondary N) is 1. The molecule has 1 N–H and O–H groups in total. The highest BCUT2D eigenvalue weighted by Gasteiger charge is 2.41. The topological polar surface area (TPSA) is 41.6 Å². The van der Waals surface area contributed by atoms with Crippen LogP contribution in [0.25, 0.3) is 22.5 Å². The molecule has 37 heavy (non-hydrogen) atoms. The second-order valence-electron chi connectivity index (χ2n) is 9.27. The fraction of sp³-hybridized carbons (Fsp3) is 0.0588. The Bertz CT molecular complexity index is 1510. The van der Waals surface area contributed by atoms with E-state index in [0.717, 1.165) is 39.2 Å². The van der Waals surface area contributed by atoms with Gasteiger partial charge in [0.2, 0.25) is 0 Å². The minimum Gasteiger partial charge on any atom is -0.261 e. The van der Waals surface area contributed by atoms with Crippen LogP contribution < -0.4 is 0 Å². The lowest BCUT2D eigenvalue weighted by Crippen LogP contribution is -2.32. The van der Waals surface area contributed by atoms with E-state index in [9.17, 15) is 0 Å². The van der Waals surface area contributed by atoms with Crippen LogP contribution in [-0.2, 0) is 5.41 Å². The van der Waals surface area contributed by atoms with Gasteiger partial charge >= 0.3 is 0 Å². The van der Waals surface area contributed by atoms with Crippen LogP contribution in [0.2, 0.25) is 0 Å². The Morgan fingerprint density at radius 3 is 1.49 bits per heavy atom. The van der Waals surface area contributed by atoms with Crippen molar-refractivity contribution < 1.29 is 0 Å². The summed E-state index contributed by atoms with van der Waals surface area (Å²) in [6.07, 6.45) is 0. The van der Waals surface area contributed by atoms with Gasteiger partial charge in [0.05, 0.1) is 0 Å². The molecule has 3 nitrogen and oxygen atoms in total. The molecule has 178 valence electrons. The van der Waals surface area contributed by atoms with Crippen LogP contribution in [0.1, 0.15) is 28.1 Å². The van der Waals surface area contributed by atoms with Gasteiger partial charge in [0.15, 0.2) is 5.82 Å². The number of aromatic nitrogens is 3. The Morgan fingerprint density at radius 1 is 0.514 bits per heavy atom. The van der Waals surface area contributed by atoms with E-state index < -0.39 is 5.41 Å². The Kier molecular flexibility index (Phi) is 5.95. The van der Waals surface area contributed by atoms with Crippen molar-refractivity contribution in [3.05, 3.63) is 168 Å². The maximum Gasteiger partial charge on any atom is 0.181 e. The predicted molar refractivity (Wildman–Crippen MR) is 150 cm³/mol. The summed E-state index contributed by atoms with van der Waals surface area (Å²) in [5.74, 6) is 1.46. The van der Waals surface area contributed by atoms with E-state index in [1.807, 2.05) is 24.3 Å². The van der Waals surface area contributed by atoms with Gasteiger partial charge in [-0.3, -0.25) is 5.10 Å². The molecule has 0 radical (unpaired) electrons. The van der Waals surface area contributed by atoms with Crippen LogP contribution in [0.5, 0.6) is 0 Å². The van der Waals surface area contributed by atoms with Gasteiger partial charge in [0.25, 0.3) is 0 Å². The zero-order chi connectivity index (χ0) is 25.1. The third kappa shape index (κ3) is 4.05. The van der Waals surface area contributed by atoms with Gasteiger partial charge in [-0.2, -0.15) is 5.10 Å². The summed E-state index contributed by atoms with van der Waals surface area (Å²) >= 11 is 0. The van der Waals surface area contributed by atoms with Crippen LogP contribution in [0.4, 0.5) is 0 Å². The normalized spacial score (nSPS) is 11.4. The van der Waals surface area contributed by atoms with Gasteiger partial charge in [-0.05, 0) is 34.7 Å². The van der Waals surface area contributed by atoms with Crippen LogP contribution >= 0.6 is 0 Å². The fourth-order valence-corrected chi connectivity index (χ4v) is 5.19. The molecule has 1 heterocycles. The highest BCUT2D eigenvalue weighted by molar-refractivity contribution is 5.80. The van der Waals surface area contributed by atoms with Crippen LogP contribution in [-0.4, -0.2) is 15.2 Å². The van der Waals surface area contributed by atoms with Crippen molar-refractivity contribution >= 4 is 0 Å². The van der Waals surface area contributed by atoms with E-state index in [1.54, 1.807) is 0 Å². The van der Waals surface area contributed by atoms with Gasteiger partial charge < -0.3 is 0 Å². The zero-order valence-electron chi connectivity index (χ0n) is 20.7. The number of rotatable bonds is 6. The molecular formula is C34H27N3. The lowest BCUT2D eigenvalue weighted by molar-refractivity contribution is 0.684. The molecule has 0 aliphatic rings. The molecule has 0 saturated carbocycles. The summed E-state index contributed by atoms with van der Waals surface area (Å²) in [4.78, 5) is 5.22. The second-order valence-corrected chi connectivity index (χ2v) is 9.27. The van der Waals surface area contributed by atoms with Crippen molar-refractivity contribution in [1.29, 1.82) is 0 Å². The van der Waals surface area contributed by atoms with Crippen molar-refractivity contribution in [2.45, 2.75) is 12.3 Å². The average molecular weight is 478 g/mol. The second kappa shape index (κ2) is 9.71. The monoisotopic (exact) mass is 477 g/mol. The number of hydrogen-bond donors (Lipinski definition) is 1. The Morgan fingerprint density at radius 2 is 0.973 bits per heavy atom. The molecule has 1 aromatic heterocycles. The van der Waals surface area contributed by atoms with E-state index in [-0.39, 0.29) is 0 Å². The third-order valence-electron chi connectivity index (χ3n) is 6.99. The molecule has 0 saturated heterocycles. The minimum absolute atomic E-state index is 0.659. The largest absolute Gasteiger partial charge is 0.261 e. The molecule has 0 amide bonds. The van der Waals surface area contributed by atoms with Gasteiger partial charge in [-0.25, -0.2) is 4.98 Å². The maximum absolute atomic E-state index is 5.22. The first-order chi connectivity index (χ1) is 18.3. The number of benzene rings is 5. The quantitative estimate of drug-likeness (QED) is 0.248. The van der Waals surface area contributed by atoms with Crippen LogP contribution in [0.15, 0.2) is 140 Å². The van der Waals surface area contributed by atoms with Crippen molar-refractivity contribution in [2.24, 2.45) is 0 Å². The maximum atomic E-state index is 5.22. The Labute approximate surface area is 217 Å². The Hall–Kier alpha value is -4.76. The van der Waals surface area contributed by atoms with E-state index >= 15 is 0 Å². The highest BCUT2D eigenvalue weighted by Crippen LogP contribution is 2.44. The van der Waals surface area contributed by atoms with E-state index in [0.29, 0.717) is 5.82 Å². The van der Waals surface area contributed by atoms with Gasteiger partial charge in [0.1, 0.15) is 11.2 Å². The number of aryl methyl sites for hydroxylation is 1. The van der Waals surface area contributed by atoms with E-state index in [2.05, 4.69) is 127 Å². The van der Waals surface area contributed by atoms with E-state index in [1.165, 1.54) is 5.56 Å². The molecule has 0 atom stereocenters. The summed E-state index contributed by atoms with van der Waals surface area (Å²) in [6, 6.07) is 48.6. The SMILES string of the molecule is Cc1ccc(-c2ccccc2-c2n[nH]c(C(c3ccccc3)(c3ccccc3)c3ccccc3)n2)cc1. The molecule has 3 heteroatoms. The molecule has 0 fully saturated rings. The number of aromatic amines is 1. The molecule has 6 rings (SSSR count). The summed E-state index contributed by atoms with van der Waals surface area (Å²) in [5, 5.41) is 8.16. The minimum atomic E-state index is -0.659. The number of nitrogens with zero attached hydrogens (tertiary/aromatic N) is 2. The van der Waals surface area contributed by atoms with Crippen molar-refractivity contribution in [1.82, 2.24) is 15.2 Å². The lowest BCUT2D eigenvalue weighted by atomic mass is 9.69. The molecule has 0 unspecified atom stereocenters. The molecule has 0 spiro atoms. The summed E-state index contributed by atoms with van der Waals surface area (Å²) < 4.78 is 0. The first kappa shape index (κ1) is 22.7. The van der Waals surface area contributed by atoms with Crippen molar-refractivity contribution in [2.75, 3.05) is 0 Å². The van der Waals surface area contributed by atoms with Gasteiger partial charge in [0, 0.05) is 5.56 Å². The predicted octanol–water partition coefficient (Wildman–Crippen LogP) is 7.83. The standard InChI is InChI=1S/C34H27N3/c1-25-21-23-26(24-22-25)30-19-11-12-20-31(30)32-35-33(37-36-32)34(27-13-5-2-6-14-27,28-15-7-3-8-16-28)29-17-9-4-10-18-29/h2-24H,1H3,(H,35,36,37). The summed E-state index contributed by atoms with van der Waals surface area (Å²) in [7, 11) is 0. The molecule has 5 aromatic carbocycles. The summed E-state index contributed by atoms with van der Waals surface area (Å²) in [6.45, 7) is 2.10. The van der Waals surface area contributed by atoms with Crippen LogP contribution in [0, 0.1) is 6.92 Å². The summed E-state index contributed by atoms with van der Waals surface area (Å²) in [5.41, 5.74) is 7.21. The van der Waals surface area contributed by atoms with Crippen molar-refractivity contribution in [3.8, 4) is 22.5 Å². The van der Waals surface area contributed by atoms with Gasteiger partial charge in [-0.15, -0.1) is 0 Å². The fourth-order valence-electron chi connectivity index (χ4n) is 5.19. The number of hydrogen-bond acceptors (Lipinski definition) is 2. The van der Waals surface area contributed by atoms with Gasteiger partial charge in [-0.1, -0.05) is 145 Å². The van der Waals surface area contributed by atoms with Crippen LogP contribution in [0.3, 0.4) is 0 Å². The molecule has 0 bridgehead atoms. The zero-order valence-corrected chi connectivity index (χ0v) is 20.7. The first-order valence-electron chi connectivity index (χ1n) is 12.5. The molecule has 0 aliphatic heterocycles. The van der Waals surface area contributed by atoms with E-state index in [4.69, 9.17) is 10.1 Å². The molecule has 6 aromatic rings.